The highest BCUT2D eigenvalue weighted by Crippen LogP contribution is 2.21. The fourth-order valence-electron chi connectivity index (χ4n) is 2.56. The first-order valence-corrected chi connectivity index (χ1v) is 8.35. The highest BCUT2D eigenvalue weighted by atomic mass is 35.5. The molecule has 0 aliphatic rings. The van der Waals surface area contributed by atoms with Crippen LogP contribution in [0.25, 0.3) is 0 Å². The number of hydrogen-bond donors (Lipinski definition) is 1. The molecule has 0 unspecified atom stereocenters. The predicted octanol–water partition coefficient (Wildman–Crippen LogP) is 4.32. The Hall–Kier alpha value is -1.66. The molecule has 1 N–H and O–H groups in total. The maximum absolute atomic E-state index is 13.7. The van der Waals surface area contributed by atoms with Gasteiger partial charge in [0.1, 0.15) is 18.2 Å². The van der Waals surface area contributed by atoms with E-state index in [2.05, 4.69) is 24.3 Å². The molecule has 25 heavy (non-hydrogen) atoms. The summed E-state index contributed by atoms with van der Waals surface area (Å²) >= 11 is 0. The lowest BCUT2D eigenvalue weighted by Gasteiger charge is -2.15. The molecule has 0 amide bonds. The molecule has 1 heterocycles. The smallest absolute Gasteiger partial charge is 0.212 e. The molecule has 2 aromatic rings. The summed E-state index contributed by atoms with van der Waals surface area (Å²) in [6.07, 6.45) is 2.10. The number of rotatable bonds is 9. The molecule has 140 valence electrons. The van der Waals surface area contributed by atoms with Crippen LogP contribution in [0.2, 0.25) is 0 Å². The monoisotopic (exact) mass is 373 g/mol. The van der Waals surface area contributed by atoms with Crippen molar-refractivity contribution < 1.29 is 13.5 Å². The van der Waals surface area contributed by atoms with Gasteiger partial charge in [-0.2, -0.15) is 5.10 Å². The van der Waals surface area contributed by atoms with Gasteiger partial charge < -0.3 is 10.1 Å². The highest BCUT2D eigenvalue weighted by Gasteiger charge is 2.14. The van der Waals surface area contributed by atoms with Crippen molar-refractivity contribution in [2.75, 3.05) is 7.05 Å². The number of nitrogens with zero attached hydrogens (tertiary/aromatic N) is 2. The lowest BCUT2D eigenvalue weighted by molar-refractivity contribution is 0.254. The molecule has 2 rings (SSSR count). The topological polar surface area (TPSA) is 39.1 Å². The molecule has 0 atom stereocenters. The minimum Gasteiger partial charge on any atom is -0.473 e. The third kappa shape index (κ3) is 5.97. The lowest BCUT2D eigenvalue weighted by Crippen LogP contribution is -2.13. The van der Waals surface area contributed by atoms with Gasteiger partial charge in [0, 0.05) is 24.7 Å². The molecule has 1 aromatic carbocycles. The van der Waals surface area contributed by atoms with Crippen molar-refractivity contribution in [1.29, 1.82) is 0 Å². The van der Waals surface area contributed by atoms with Crippen LogP contribution in [-0.2, 0) is 19.7 Å². The van der Waals surface area contributed by atoms with E-state index in [0.29, 0.717) is 18.3 Å². The zero-order valence-electron chi connectivity index (χ0n) is 14.9. The summed E-state index contributed by atoms with van der Waals surface area (Å²) in [5, 5.41) is 7.60. The Morgan fingerprint density at radius 2 is 1.92 bits per heavy atom. The molecule has 0 radical (unpaired) electrons. The van der Waals surface area contributed by atoms with Crippen LogP contribution in [0, 0.1) is 17.6 Å². The Morgan fingerprint density at radius 1 is 1.20 bits per heavy atom. The first kappa shape index (κ1) is 21.4. The Kier molecular flexibility index (Phi) is 8.86. The maximum atomic E-state index is 13.7. The third-order valence-electron chi connectivity index (χ3n) is 4.12. The largest absolute Gasteiger partial charge is 0.473 e. The minimum atomic E-state index is -0.476. The van der Waals surface area contributed by atoms with Crippen molar-refractivity contribution in [2.45, 2.75) is 46.4 Å². The van der Waals surface area contributed by atoms with Gasteiger partial charge in [-0.3, -0.25) is 0 Å². The summed E-state index contributed by atoms with van der Waals surface area (Å²) in [6.45, 7) is 5.64. The molecule has 4 nitrogen and oxygen atoms in total. The van der Waals surface area contributed by atoms with E-state index in [1.54, 1.807) is 0 Å². The standard InChI is InChI=1S/C18H25F2N3O.ClH/c1-4-13(5-2)11-23-18(9-16(22-23)10-21-3)24-12-14-8-15(19)6-7-17(14)20;/h6-9,13,21H,4-5,10-12H2,1-3H3;1H. The van der Waals surface area contributed by atoms with E-state index < -0.39 is 11.6 Å². The molecular weight excluding hydrogens is 348 g/mol. The van der Waals surface area contributed by atoms with E-state index in [-0.39, 0.29) is 24.6 Å². The molecule has 0 spiro atoms. The molecule has 1 aromatic heterocycles. The lowest BCUT2D eigenvalue weighted by atomic mass is 10.0. The third-order valence-corrected chi connectivity index (χ3v) is 4.12. The number of hydrogen-bond acceptors (Lipinski definition) is 3. The van der Waals surface area contributed by atoms with Crippen LogP contribution in [0.3, 0.4) is 0 Å². The Bertz CT molecular complexity index is 660. The van der Waals surface area contributed by atoms with Gasteiger partial charge >= 0.3 is 0 Å². The van der Waals surface area contributed by atoms with Crippen molar-refractivity contribution in [1.82, 2.24) is 15.1 Å². The normalized spacial score (nSPS) is 10.8. The quantitative estimate of drug-likeness (QED) is 0.711. The van der Waals surface area contributed by atoms with Crippen molar-refractivity contribution in [3.8, 4) is 5.88 Å². The van der Waals surface area contributed by atoms with Gasteiger partial charge in [-0.15, -0.1) is 12.4 Å². The molecule has 7 heteroatoms. The van der Waals surface area contributed by atoms with Crippen molar-refractivity contribution >= 4 is 12.4 Å². The minimum absolute atomic E-state index is 0. The summed E-state index contributed by atoms with van der Waals surface area (Å²) in [7, 11) is 1.85. The van der Waals surface area contributed by atoms with Crippen LogP contribution < -0.4 is 10.1 Å². The molecule has 0 aliphatic carbocycles. The predicted molar refractivity (Wildman–Crippen MR) is 97.0 cm³/mol. The van der Waals surface area contributed by atoms with Crippen LogP contribution in [0.4, 0.5) is 8.78 Å². The molecular formula is C18H26ClF2N3O. The fraction of sp³-hybridized carbons (Fsp3) is 0.500. The molecule has 0 saturated carbocycles. The zero-order valence-corrected chi connectivity index (χ0v) is 15.7. The van der Waals surface area contributed by atoms with E-state index in [1.165, 1.54) is 0 Å². The SMILES string of the molecule is CCC(CC)Cn1nc(CNC)cc1OCc1cc(F)ccc1F.Cl. The zero-order chi connectivity index (χ0) is 17.5. The van der Waals surface area contributed by atoms with Crippen LogP contribution in [0.5, 0.6) is 5.88 Å². The highest BCUT2D eigenvalue weighted by molar-refractivity contribution is 5.85. The van der Waals surface area contributed by atoms with Crippen LogP contribution in [0.15, 0.2) is 24.3 Å². The molecule has 0 saturated heterocycles. The molecule has 0 aliphatic heterocycles. The summed E-state index contributed by atoms with van der Waals surface area (Å²) in [5.74, 6) is 0.130. The number of nitrogens with one attached hydrogen (secondary N) is 1. The van der Waals surface area contributed by atoms with E-state index in [0.717, 1.165) is 43.3 Å². The van der Waals surface area contributed by atoms with Crippen LogP contribution >= 0.6 is 12.4 Å². The average Bonchev–Trinajstić information content (AvgIpc) is 2.95. The Morgan fingerprint density at radius 3 is 2.56 bits per heavy atom. The van der Waals surface area contributed by atoms with Crippen molar-refractivity contribution in [3.63, 3.8) is 0 Å². The van der Waals surface area contributed by atoms with E-state index in [9.17, 15) is 8.78 Å². The van der Waals surface area contributed by atoms with E-state index in [4.69, 9.17) is 4.74 Å². The van der Waals surface area contributed by atoms with Gasteiger partial charge in [-0.1, -0.05) is 26.7 Å². The Labute approximate surface area is 154 Å². The van der Waals surface area contributed by atoms with Crippen LogP contribution in [-0.4, -0.2) is 16.8 Å². The van der Waals surface area contributed by atoms with E-state index >= 15 is 0 Å². The van der Waals surface area contributed by atoms with Gasteiger partial charge in [-0.25, -0.2) is 13.5 Å². The van der Waals surface area contributed by atoms with Gasteiger partial charge in [-0.05, 0) is 31.2 Å². The first-order chi connectivity index (χ1) is 11.6. The van der Waals surface area contributed by atoms with E-state index in [1.807, 2.05) is 17.8 Å². The first-order valence-electron chi connectivity index (χ1n) is 8.35. The molecule has 0 bridgehead atoms. The van der Waals surface area contributed by atoms with Gasteiger partial charge in [0.15, 0.2) is 0 Å². The van der Waals surface area contributed by atoms with Gasteiger partial charge in [0.05, 0.1) is 5.69 Å². The number of ether oxygens (including phenoxy) is 1. The van der Waals surface area contributed by atoms with Gasteiger partial charge in [0.25, 0.3) is 0 Å². The number of benzene rings is 1. The number of halogens is 3. The second-order valence-corrected chi connectivity index (χ2v) is 5.89. The second-order valence-electron chi connectivity index (χ2n) is 5.89. The van der Waals surface area contributed by atoms with Crippen molar-refractivity contribution in [3.05, 3.63) is 47.2 Å². The Balaban J connectivity index is 0.00000312. The van der Waals surface area contributed by atoms with Crippen molar-refractivity contribution in [2.24, 2.45) is 5.92 Å². The summed E-state index contributed by atoms with van der Waals surface area (Å²) in [4.78, 5) is 0. The van der Waals surface area contributed by atoms with Gasteiger partial charge in [0.2, 0.25) is 5.88 Å². The fourth-order valence-corrected chi connectivity index (χ4v) is 2.56. The summed E-state index contributed by atoms with van der Waals surface area (Å²) < 4.78 is 34.6. The summed E-state index contributed by atoms with van der Waals surface area (Å²) in [5.41, 5.74) is 1.05. The summed E-state index contributed by atoms with van der Waals surface area (Å²) in [6, 6.07) is 5.21. The maximum Gasteiger partial charge on any atom is 0.212 e. The average molecular weight is 374 g/mol. The van der Waals surface area contributed by atoms with Crippen LogP contribution in [0.1, 0.15) is 37.9 Å². The second kappa shape index (κ2) is 10.4. The number of aromatic nitrogens is 2. The molecule has 0 fully saturated rings.